The van der Waals surface area contributed by atoms with Crippen LogP contribution in [0.3, 0.4) is 0 Å². The quantitative estimate of drug-likeness (QED) is 0.741. The second-order valence-electron chi connectivity index (χ2n) is 8.03. The van der Waals surface area contributed by atoms with Crippen molar-refractivity contribution in [2.75, 3.05) is 16.8 Å². The lowest BCUT2D eigenvalue weighted by Gasteiger charge is -2.28. The first kappa shape index (κ1) is 21.4. The van der Waals surface area contributed by atoms with Crippen molar-refractivity contribution in [1.29, 1.82) is 0 Å². The largest absolute Gasteiger partial charge is 0.420 e. The smallest absolute Gasteiger partial charge is 0.408 e. The Bertz CT molecular complexity index is 1030. The molecule has 1 aliphatic carbocycles. The summed E-state index contributed by atoms with van der Waals surface area (Å²) in [4.78, 5) is 24.3. The van der Waals surface area contributed by atoms with Gasteiger partial charge in [0.15, 0.2) is 5.58 Å². The Morgan fingerprint density at radius 1 is 1.24 bits per heavy atom. The van der Waals surface area contributed by atoms with E-state index in [1.165, 1.54) is 0 Å². The summed E-state index contributed by atoms with van der Waals surface area (Å²) in [5.74, 6) is 0.178. The minimum Gasteiger partial charge on any atom is -0.408 e. The number of aromatic nitrogens is 1. The number of benzene rings is 1. The molecule has 0 aliphatic heterocycles. The molecule has 0 atom stereocenters. The van der Waals surface area contributed by atoms with Gasteiger partial charge in [-0.05, 0) is 57.6 Å². The van der Waals surface area contributed by atoms with Crippen LogP contribution in [-0.4, -0.2) is 36.6 Å². The van der Waals surface area contributed by atoms with E-state index in [4.69, 9.17) is 4.42 Å². The number of hydrogen-bond acceptors (Lipinski definition) is 5. The van der Waals surface area contributed by atoms with Crippen LogP contribution in [0.1, 0.15) is 52.5 Å². The average Bonchev–Trinajstić information content (AvgIpc) is 2.98. The van der Waals surface area contributed by atoms with Crippen molar-refractivity contribution in [3.05, 3.63) is 28.7 Å². The Morgan fingerprint density at radius 3 is 2.55 bits per heavy atom. The van der Waals surface area contributed by atoms with Crippen LogP contribution < -0.4 is 16.4 Å². The molecule has 1 aromatic carbocycles. The normalized spacial score (nSPS) is 20.1. The van der Waals surface area contributed by atoms with Crippen LogP contribution in [0.4, 0.5) is 10.5 Å². The van der Waals surface area contributed by atoms with Gasteiger partial charge in [0, 0.05) is 29.6 Å². The lowest BCUT2D eigenvalue weighted by Crippen LogP contribution is -2.40. The van der Waals surface area contributed by atoms with E-state index in [1.807, 2.05) is 13.8 Å². The van der Waals surface area contributed by atoms with Gasteiger partial charge in [-0.2, -0.15) is 0 Å². The van der Waals surface area contributed by atoms with E-state index in [2.05, 4.69) is 10.6 Å². The van der Waals surface area contributed by atoms with Gasteiger partial charge in [0.2, 0.25) is 0 Å². The number of nitrogens with zero attached hydrogens (tertiary/aromatic N) is 1. The third-order valence-corrected chi connectivity index (χ3v) is 7.36. The molecule has 0 spiro atoms. The molecule has 0 radical (unpaired) electrons. The number of amides is 2. The topological polar surface area (TPSA) is 110 Å². The number of carbonyl (C=O) groups is 1. The predicted octanol–water partition coefficient (Wildman–Crippen LogP) is 3.29. The van der Waals surface area contributed by atoms with E-state index in [0.717, 1.165) is 25.7 Å². The van der Waals surface area contributed by atoms with E-state index in [-0.39, 0.29) is 35.5 Å². The minimum atomic E-state index is -2.96. The van der Waals surface area contributed by atoms with Gasteiger partial charge in [-0.25, -0.2) is 18.0 Å². The molecule has 8 nitrogen and oxygen atoms in total. The van der Waals surface area contributed by atoms with Crippen LogP contribution in [0.25, 0.3) is 11.1 Å². The van der Waals surface area contributed by atoms with Gasteiger partial charge in [-0.3, -0.25) is 4.57 Å². The van der Waals surface area contributed by atoms with Crippen LogP contribution in [0.15, 0.2) is 27.4 Å². The number of carbonyl (C=O) groups excluding carboxylic acids is 1. The van der Waals surface area contributed by atoms with Crippen LogP contribution in [0.2, 0.25) is 0 Å². The van der Waals surface area contributed by atoms with Gasteiger partial charge >= 0.3 is 11.8 Å². The molecule has 29 heavy (non-hydrogen) atoms. The zero-order chi connectivity index (χ0) is 21.2. The van der Waals surface area contributed by atoms with Crippen molar-refractivity contribution >= 4 is 32.7 Å². The molecule has 1 fully saturated rings. The van der Waals surface area contributed by atoms with Gasteiger partial charge in [0.1, 0.15) is 9.84 Å². The molecule has 2 aromatic rings. The molecule has 1 aliphatic rings. The van der Waals surface area contributed by atoms with Crippen molar-refractivity contribution in [3.8, 4) is 0 Å². The summed E-state index contributed by atoms with van der Waals surface area (Å²) in [5, 5.41) is 5.73. The lowest BCUT2D eigenvalue weighted by atomic mass is 9.87. The maximum Gasteiger partial charge on any atom is 0.420 e. The zero-order valence-corrected chi connectivity index (χ0v) is 17.9. The second-order valence-corrected chi connectivity index (χ2v) is 10.4. The average molecular weight is 424 g/mol. The Labute approximate surface area is 170 Å². The van der Waals surface area contributed by atoms with E-state index in [0.29, 0.717) is 16.8 Å². The Balaban J connectivity index is 1.56. The summed E-state index contributed by atoms with van der Waals surface area (Å²) < 4.78 is 30.4. The summed E-state index contributed by atoms with van der Waals surface area (Å²) >= 11 is 0. The first-order valence-electron chi connectivity index (χ1n) is 10.1. The minimum absolute atomic E-state index is 0.0201. The predicted molar refractivity (Wildman–Crippen MR) is 113 cm³/mol. The Morgan fingerprint density at radius 2 is 1.93 bits per heavy atom. The van der Waals surface area contributed by atoms with Crippen molar-refractivity contribution in [2.45, 2.75) is 58.5 Å². The zero-order valence-electron chi connectivity index (χ0n) is 17.1. The second kappa shape index (κ2) is 8.61. The molecule has 0 saturated heterocycles. The summed E-state index contributed by atoms with van der Waals surface area (Å²) in [5.41, 5.74) is 1.66. The van der Waals surface area contributed by atoms with Crippen molar-refractivity contribution < 1.29 is 17.6 Å². The Hall–Kier alpha value is -2.29. The van der Waals surface area contributed by atoms with Gasteiger partial charge in [0.25, 0.3) is 0 Å². The Kier molecular flexibility index (Phi) is 6.36. The van der Waals surface area contributed by atoms with E-state index in [9.17, 15) is 18.0 Å². The number of sulfone groups is 1. The summed E-state index contributed by atoms with van der Waals surface area (Å²) in [6.45, 7) is 5.48. The van der Waals surface area contributed by atoms with Crippen LogP contribution in [0.5, 0.6) is 0 Å². The molecule has 1 saturated carbocycles. The fourth-order valence-corrected chi connectivity index (χ4v) is 5.19. The number of anilines is 1. The van der Waals surface area contributed by atoms with Gasteiger partial charge in [-0.15, -0.1) is 0 Å². The third-order valence-electron chi connectivity index (χ3n) is 5.50. The summed E-state index contributed by atoms with van der Waals surface area (Å²) in [6, 6.07) is 4.83. The van der Waals surface area contributed by atoms with E-state index >= 15 is 0 Å². The molecule has 1 heterocycles. The van der Waals surface area contributed by atoms with Crippen LogP contribution in [0, 0.1) is 5.92 Å². The van der Waals surface area contributed by atoms with Gasteiger partial charge < -0.3 is 15.1 Å². The number of urea groups is 1. The molecular formula is C20H29N3O5S. The van der Waals surface area contributed by atoms with Crippen molar-refractivity contribution in [2.24, 2.45) is 5.92 Å². The van der Waals surface area contributed by atoms with E-state index < -0.39 is 15.6 Å². The molecule has 160 valence electrons. The summed E-state index contributed by atoms with van der Waals surface area (Å²) in [6.07, 6.45) is 3.12. The molecule has 0 bridgehead atoms. The van der Waals surface area contributed by atoms with Crippen molar-refractivity contribution in [3.63, 3.8) is 0 Å². The van der Waals surface area contributed by atoms with Crippen LogP contribution >= 0.6 is 0 Å². The first-order valence-corrected chi connectivity index (χ1v) is 11.9. The standard InChI is InChI=1S/C20H29N3O5S/c1-4-29(26,27)12-14-5-7-15(8-6-14)21-19(24)22-16-9-10-17-18(11-16)28-20(25)23(17)13(2)3/h9-11,13-15H,4-8,12H2,1-3H3,(H2,21,22,24). The first-order chi connectivity index (χ1) is 13.7. The van der Waals surface area contributed by atoms with E-state index in [1.54, 1.807) is 29.7 Å². The number of oxazole rings is 1. The molecule has 0 unspecified atom stereocenters. The molecule has 1 aromatic heterocycles. The molecule has 2 N–H and O–H groups in total. The maximum atomic E-state index is 12.3. The fourth-order valence-electron chi connectivity index (χ4n) is 3.91. The number of rotatable bonds is 6. The summed E-state index contributed by atoms with van der Waals surface area (Å²) in [7, 11) is -2.96. The highest BCUT2D eigenvalue weighted by molar-refractivity contribution is 7.91. The number of fused-ring (bicyclic) bond motifs is 1. The van der Waals surface area contributed by atoms with Crippen molar-refractivity contribution in [1.82, 2.24) is 9.88 Å². The molecule has 3 rings (SSSR count). The van der Waals surface area contributed by atoms with Gasteiger partial charge in [0.05, 0.1) is 11.3 Å². The molecule has 9 heteroatoms. The van der Waals surface area contributed by atoms with Crippen LogP contribution in [-0.2, 0) is 9.84 Å². The number of hydrogen-bond donors (Lipinski definition) is 2. The highest BCUT2D eigenvalue weighted by Crippen LogP contribution is 2.26. The SMILES string of the molecule is CCS(=O)(=O)CC1CCC(NC(=O)Nc2ccc3c(c2)oc(=O)n3C(C)C)CC1. The highest BCUT2D eigenvalue weighted by atomic mass is 32.2. The van der Waals surface area contributed by atoms with Gasteiger partial charge in [-0.1, -0.05) is 6.92 Å². The fraction of sp³-hybridized carbons (Fsp3) is 0.600. The molecular weight excluding hydrogens is 394 g/mol. The third kappa shape index (κ3) is 5.20. The molecule has 2 amide bonds. The monoisotopic (exact) mass is 423 g/mol. The lowest BCUT2D eigenvalue weighted by molar-refractivity contribution is 0.240. The maximum absolute atomic E-state index is 12.3. The number of nitrogens with one attached hydrogen (secondary N) is 2. The highest BCUT2D eigenvalue weighted by Gasteiger charge is 2.25.